The second-order valence-electron chi connectivity index (χ2n) is 12.3. The van der Waals surface area contributed by atoms with Crippen LogP contribution in [0.2, 0.25) is 0 Å². The minimum Gasteiger partial charge on any atom is -0.455 e. The number of hydrogen-bond donors (Lipinski definition) is 3. The van der Waals surface area contributed by atoms with Gasteiger partial charge in [-0.1, -0.05) is 52.8 Å². The summed E-state index contributed by atoms with van der Waals surface area (Å²) in [5, 5.41) is 24.0. The van der Waals surface area contributed by atoms with Crippen LogP contribution in [0.3, 0.4) is 0 Å². The Hall–Kier alpha value is -2.58. The van der Waals surface area contributed by atoms with E-state index in [9.17, 15) is 29.4 Å². The van der Waals surface area contributed by atoms with Gasteiger partial charge in [-0.2, -0.15) is 0 Å². The zero-order valence-corrected chi connectivity index (χ0v) is 27.0. The van der Waals surface area contributed by atoms with E-state index in [2.05, 4.69) is 5.32 Å². The van der Waals surface area contributed by atoms with E-state index in [4.69, 9.17) is 4.74 Å². The van der Waals surface area contributed by atoms with Gasteiger partial charge < -0.3 is 20.3 Å². The topological polar surface area (TPSA) is 130 Å². The van der Waals surface area contributed by atoms with E-state index in [0.29, 0.717) is 31.3 Å². The maximum Gasteiger partial charge on any atom is 0.333 e. The van der Waals surface area contributed by atoms with Crippen molar-refractivity contribution in [3.8, 4) is 0 Å². The number of rotatable bonds is 7. The van der Waals surface area contributed by atoms with Gasteiger partial charge in [0, 0.05) is 35.8 Å². The standard InChI is InChI=1S/C34H55NO7/c1-9-10-22(3)29(36)17-12-21(2)11-15-28-16-13-23(4)31(38)20-32(39)35-26(7)14-18-30(37)27(8)33(40)24(5)19-25(6)34(41)42-28/h10-11,15,19,21,23-24,26-29,33,36,40H,9,12-14,16-18,20H2,1-8H3,(H,35,39)/b15-11+,22-10+,25-19-/t21-,23+,24+,26?,27+,28?,29+,33+/m1/s1. The second-order valence-corrected chi connectivity index (χ2v) is 12.3. The molecule has 3 N–H and O–H groups in total. The Morgan fingerprint density at radius 1 is 1.07 bits per heavy atom. The molecule has 0 aliphatic carbocycles. The Labute approximate surface area is 253 Å². The van der Waals surface area contributed by atoms with E-state index in [0.717, 1.165) is 18.4 Å². The lowest BCUT2D eigenvalue weighted by molar-refractivity contribution is -0.142. The highest BCUT2D eigenvalue weighted by Crippen LogP contribution is 2.22. The van der Waals surface area contributed by atoms with Crippen LogP contribution in [0.5, 0.6) is 0 Å². The molecule has 8 nitrogen and oxygen atoms in total. The maximum absolute atomic E-state index is 13.1. The monoisotopic (exact) mass is 589 g/mol. The summed E-state index contributed by atoms with van der Waals surface area (Å²) in [4.78, 5) is 51.0. The SMILES string of the molecule is CC/C=C(\C)[C@@H](O)CC[C@H](C)/C=C/C1CC[C@H](C)C(=O)CC(=O)NC(C)CCC(=O)[C@H](C)[C@@H](O)[C@@H](C)/C=C(/C)C(=O)O1. The summed E-state index contributed by atoms with van der Waals surface area (Å²) in [6, 6.07) is -0.286. The number of aliphatic hydroxyl groups excluding tert-OH is 2. The van der Waals surface area contributed by atoms with Gasteiger partial charge in [0.15, 0.2) is 0 Å². The quantitative estimate of drug-likeness (QED) is 0.206. The molecule has 0 spiro atoms. The van der Waals surface area contributed by atoms with Gasteiger partial charge in [0.25, 0.3) is 0 Å². The highest BCUT2D eigenvalue weighted by atomic mass is 16.5. The van der Waals surface area contributed by atoms with E-state index >= 15 is 0 Å². The summed E-state index contributed by atoms with van der Waals surface area (Å²) >= 11 is 0. The third kappa shape index (κ3) is 13.6. The first-order valence-electron chi connectivity index (χ1n) is 15.6. The molecule has 1 heterocycles. The predicted octanol–water partition coefficient (Wildman–Crippen LogP) is 5.41. The molecule has 238 valence electrons. The number of carbonyl (C=O) groups excluding carboxylic acids is 4. The summed E-state index contributed by atoms with van der Waals surface area (Å²) in [5.41, 5.74) is 1.30. The summed E-state index contributed by atoms with van der Waals surface area (Å²) in [5.74, 6) is -2.62. The molecule has 42 heavy (non-hydrogen) atoms. The van der Waals surface area contributed by atoms with Crippen molar-refractivity contribution in [3.63, 3.8) is 0 Å². The number of esters is 1. The lowest BCUT2D eigenvalue weighted by Gasteiger charge is -2.23. The largest absolute Gasteiger partial charge is 0.455 e. The number of amides is 1. The maximum atomic E-state index is 13.1. The highest BCUT2D eigenvalue weighted by Gasteiger charge is 2.28. The van der Waals surface area contributed by atoms with Crippen molar-refractivity contribution in [3.05, 3.63) is 35.5 Å². The smallest absolute Gasteiger partial charge is 0.333 e. The molecule has 1 rings (SSSR count). The molecule has 0 radical (unpaired) electrons. The normalized spacial score (nSPS) is 31.3. The number of ether oxygens (including phenoxy) is 1. The molecule has 2 unspecified atom stereocenters. The molecule has 0 aromatic rings. The Bertz CT molecular complexity index is 998. The summed E-state index contributed by atoms with van der Waals surface area (Å²) in [7, 11) is 0. The molecule has 1 aliphatic rings. The molecule has 8 heteroatoms. The van der Waals surface area contributed by atoms with Gasteiger partial charge in [-0.05, 0) is 76.9 Å². The van der Waals surface area contributed by atoms with Crippen LogP contribution in [0.25, 0.3) is 0 Å². The lowest BCUT2D eigenvalue weighted by atomic mass is 9.87. The minimum absolute atomic E-state index is 0.125. The average molecular weight is 590 g/mol. The van der Waals surface area contributed by atoms with Crippen LogP contribution >= 0.6 is 0 Å². The Morgan fingerprint density at radius 3 is 2.38 bits per heavy atom. The van der Waals surface area contributed by atoms with Crippen LogP contribution in [0.1, 0.15) is 107 Å². The van der Waals surface area contributed by atoms with Crippen molar-refractivity contribution in [2.75, 3.05) is 0 Å². The molecular formula is C34H55NO7. The predicted molar refractivity (Wildman–Crippen MR) is 165 cm³/mol. The van der Waals surface area contributed by atoms with Crippen molar-refractivity contribution in [1.29, 1.82) is 0 Å². The van der Waals surface area contributed by atoms with Crippen molar-refractivity contribution >= 4 is 23.4 Å². The zero-order chi connectivity index (χ0) is 32.0. The molecule has 0 saturated heterocycles. The van der Waals surface area contributed by atoms with Crippen LogP contribution in [-0.2, 0) is 23.9 Å². The zero-order valence-electron chi connectivity index (χ0n) is 27.0. The fraction of sp³-hybridized carbons (Fsp3) is 0.706. The number of aliphatic hydroxyl groups is 2. The van der Waals surface area contributed by atoms with Crippen molar-refractivity contribution in [1.82, 2.24) is 5.32 Å². The Kier molecular flexibility index (Phi) is 16.8. The summed E-state index contributed by atoms with van der Waals surface area (Å²) < 4.78 is 5.83. The van der Waals surface area contributed by atoms with Gasteiger partial charge in [0.2, 0.25) is 5.91 Å². The first-order chi connectivity index (χ1) is 19.7. The lowest BCUT2D eigenvalue weighted by Crippen LogP contribution is -2.36. The van der Waals surface area contributed by atoms with Gasteiger partial charge in [0.1, 0.15) is 17.7 Å². The Balaban J connectivity index is 3.14. The molecule has 1 amide bonds. The number of Topliss-reactive ketones (excluding diaryl/α,β-unsaturated/α-hetero) is 2. The number of hydrogen-bond acceptors (Lipinski definition) is 7. The van der Waals surface area contributed by atoms with Crippen molar-refractivity contribution in [2.24, 2.45) is 23.7 Å². The fourth-order valence-electron chi connectivity index (χ4n) is 5.04. The third-order valence-corrected chi connectivity index (χ3v) is 8.25. The molecule has 8 atom stereocenters. The van der Waals surface area contributed by atoms with Crippen molar-refractivity contribution in [2.45, 2.75) is 131 Å². The van der Waals surface area contributed by atoms with Crippen LogP contribution in [0, 0.1) is 23.7 Å². The minimum atomic E-state index is -0.978. The van der Waals surface area contributed by atoms with E-state index < -0.39 is 42.0 Å². The molecule has 0 bridgehead atoms. The van der Waals surface area contributed by atoms with Crippen LogP contribution in [0.15, 0.2) is 35.5 Å². The second kappa shape index (κ2) is 18.9. The third-order valence-electron chi connectivity index (χ3n) is 8.25. The first kappa shape index (κ1) is 37.4. The van der Waals surface area contributed by atoms with Crippen LogP contribution in [0.4, 0.5) is 0 Å². The van der Waals surface area contributed by atoms with E-state index in [1.54, 1.807) is 40.7 Å². The number of cyclic esters (lactones) is 1. The number of carbonyl (C=O) groups is 4. The molecule has 0 aromatic carbocycles. The molecular weight excluding hydrogens is 534 g/mol. The van der Waals surface area contributed by atoms with E-state index in [1.165, 1.54) is 0 Å². The number of allylic oxidation sites excluding steroid dienone is 2. The van der Waals surface area contributed by atoms with Crippen LogP contribution in [-0.4, -0.2) is 58.0 Å². The van der Waals surface area contributed by atoms with Gasteiger partial charge in [-0.25, -0.2) is 4.79 Å². The van der Waals surface area contributed by atoms with Gasteiger partial charge in [0.05, 0.1) is 18.6 Å². The van der Waals surface area contributed by atoms with Gasteiger partial charge in [-0.15, -0.1) is 0 Å². The average Bonchev–Trinajstić information content (AvgIpc) is 2.93. The summed E-state index contributed by atoms with van der Waals surface area (Å²) in [6.07, 6.45) is 8.81. The molecule has 0 aromatic heterocycles. The van der Waals surface area contributed by atoms with E-state index in [-0.39, 0.29) is 42.3 Å². The Morgan fingerprint density at radius 2 is 1.74 bits per heavy atom. The van der Waals surface area contributed by atoms with Crippen LogP contribution < -0.4 is 5.32 Å². The molecule has 0 saturated carbocycles. The fourth-order valence-corrected chi connectivity index (χ4v) is 5.04. The number of ketones is 2. The summed E-state index contributed by atoms with van der Waals surface area (Å²) in [6.45, 7) is 14.6. The van der Waals surface area contributed by atoms with E-state index in [1.807, 2.05) is 39.0 Å². The molecule has 1 aliphatic heterocycles. The first-order valence-corrected chi connectivity index (χ1v) is 15.6. The highest BCUT2D eigenvalue weighted by molar-refractivity contribution is 5.99. The molecule has 0 fully saturated rings. The van der Waals surface area contributed by atoms with Gasteiger partial charge in [-0.3, -0.25) is 14.4 Å². The van der Waals surface area contributed by atoms with Gasteiger partial charge >= 0.3 is 5.97 Å². The van der Waals surface area contributed by atoms with Crippen molar-refractivity contribution < 1.29 is 34.1 Å². The number of nitrogens with one attached hydrogen (secondary N) is 1.